The molecule has 0 unspecified atom stereocenters. The van der Waals surface area contributed by atoms with Crippen molar-refractivity contribution >= 4 is 29.9 Å². The molecule has 0 heterocycles. The topological polar surface area (TPSA) is 54.9 Å². The first-order chi connectivity index (χ1) is 12.7. The molecule has 154 valence electrons. The minimum Gasteiger partial charge on any atom is -0.497 e. The summed E-state index contributed by atoms with van der Waals surface area (Å²) in [6.45, 7) is 5.56. The Morgan fingerprint density at radius 2 is 1.85 bits per heavy atom. The van der Waals surface area contributed by atoms with Crippen molar-refractivity contribution in [2.45, 2.75) is 45.4 Å². The number of hydrogen-bond donors (Lipinski definition) is 2. The molecule has 0 atom stereocenters. The van der Waals surface area contributed by atoms with Gasteiger partial charge in [0.25, 0.3) is 0 Å². The van der Waals surface area contributed by atoms with Crippen LogP contribution in [0.4, 0.5) is 0 Å². The first kappa shape index (κ1) is 24.0. The van der Waals surface area contributed by atoms with Crippen molar-refractivity contribution < 1.29 is 9.47 Å². The fourth-order valence-electron chi connectivity index (χ4n) is 3.68. The van der Waals surface area contributed by atoms with Gasteiger partial charge in [-0.3, -0.25) is 4.99 Å². The van der Waals surface area contributed by atoms with Crippen LogP contribution in [0.2, 0.25) is 0 Å². The lowest BCUT2D eigenvalue weighted by Gasteiger charge is -2.30. The van der Waals surface area contributed by atoms with Crippen LogP contribution in [0.15, 0.2) is 29.3 Å². The maximum atomic E-state index is 5.60. The highest BCUT2D eigenvalue weighted by Crippen LogP contribution is 2.40. The molecule has 0 radical (unpaired) electrons. The van der Waals surface area contributed by atoms with Gasteiger partial charge in [0.1, 0.15) is 5.75 Å². The zero-order valence-corrected chi connectivity index (χ0v) is 19.4. The molecule has 1 aromatic carbocycles. The van der Waals surface area contributed by atoms with Crippen molar-refractivity contribution in [1.29, 1.82) is 0 Å². The number of nitrogens with one attached hydrogen (secondary N) is 2. The van der Waals surface area contributed by atoms with Crippen molar-refractivity contribution in [3.8, 4) is 5.75 Å². The molecule has 0 aromatic heterocycles. The molecule has 1 fully saturated rings. The van der Waals surface area contributed by atoms with E-state index in [0.717, 1.165) is 50.9 Å². The molecule has 0 bridgehead atoms. The van der Waals surface area contributed by atoms with E-state index in [1.807, 2.05) is 19.2 Å². The Labute approximate surface area is 181 Å². The van der Waals surface area contributed by atoms with Gasteiger partial charge in [0.05, 0.1) is 7.11 Å². The molecule has 1 aromatic rings. The number of ether oxygens (including phenoxy) is 2. The molecule has 0 spiro atoms. The van der Waals surface area contributed by atoms with Crippen molar-refractivity contribution in [3.63, 3.8) is 0 Å². The van der Waals surface area contributed by atoms with Gasteiger partial charge in [-0.05, 0) is 55.7 Å². The van der Waals surface area contributed by atoms with Crippen LogP contribution in [0.3, 0.4) is 0 Å². The summed E-state index contributed by atoms with van der Waals surface area (Å²) in [5, 5.41) is 6.98. The summed E-state index contributed by atoms with van der Waals surface area (Å²) in [5.74, 6) is 1.79. The number of methoxy groups -OCH3 is 1. The lowest BCUT2D eigenvalue weighted by Crippen LogP contribution is -2.44. The van der Waals surface area contributed by atoms with Gasteiger partial charge in [-0.25, -0.2) is 0 Å². The van der Waals surface area contributed by atoms with E-state index in [-0.39, 0.29) is 24.0 Å². The predicted octanol–water partition coefficient (Wildman–Crippen LogP) is 4.01. The molecule has 2 N–H and O–H groups in total. The van der Waals surface area contributed by atoms with E-state index in [2.05, 4.69) is 34.7 Å². The molecule has 2 rings (SSSR count). The smallest absolute Gasteiger partial charge is 0.191 e. The lowest BCUT2D eigenvalue weighted by atomic mass is 9.83. The number of benzene rings is 1. The fraction of sp³-hybridized carbons (Fsp3) is 0.667. The van der Waals surface area contributed by atoms with Crippen molar-refractivity contribution in [2.24, 2.45) is 10.4 Å². The van der Waals surface area contributed by atoms with Crippen molar-refractivity contribution in [2.75, 3.05) is 40.5 Å². The summed E-state index contributed by atoms with van der Waals surface area (Å²) in [6.07, 6.45) is 7.33. The number of nitrogens with zero attached hydrogens (tertiary/aromatic N) is 1. The minimum atomic E-state index is 0. The van der Waals surface area contributed by atoms with Crippen LogP contribution in [0.1, 0.15) is 44.6 Å². The van der Waals surface area contributed by atoms with Gasteiger partial charge in [-0.15, -0.1) is 24.0 Å². The van der Waals surface area contributed by atoms with Gasteiger partial charge >= 0.3 is 0 Å². The maximum Gasteiger partial charge on any atom is 0.191 e. The van der Waals surface area contributed by atoms with E-state index >= 15 is 0 Å². The third-order valence-electron chi connectivity index (χ3n) is 5.36. The zero-order chi connectivity index (χ0) is 18.7. The maximum absolute atomic E-state index is 5.60. The van der Waals surface area contributed by atoms with Crippen LogP contribution in [-0.2, 0) is 11.2 Å². The minimum absolute atomic E-state index is 0. The molecule has 27 heavy (non-hydrogen) atoms. The summed E-state index contributed by atoms with van der Waals surface area (Å²) >= 11 is 0. The third-order valence-corrected chi connectivity index (χ3v) is 5.36. The van der Waals surface area contributed by atoms with E-state index < -0.39 is 0 Å². The molecule has 0 aliphatic heterocycles. The number of halogens is 1. The normalized spacial score (nSPS) is 15.9. The first-order valence-corrected chi connectivity index (χ1v) is 9.86. The Hall–Kier alpha value is -1.02. The van der Waals surface area contributed by atoms with Crippen LogP contribution in [0.25, 0.3) is 0 Å². The second kappa shape index (κ2) is 13.2. The highest BCUT2D eigenvalue weighted by Gasteiger charge is 2.33. The van der Waals surface area contributed by atoms with Crippen molar-refractivity contribution in [3.05, 3.63) is 29.8 Å². The Balaban J connectivity index is 0.00000364. The van der Waals surface area contributed by atoms with Gasteiger partial charge in [0, 0.05) is 33.4 Å². The summed E-state index contributed by atoms with van der Waals surface area (Å²) in [7, 11) is 3.53. The van der Waals surface area contributed by atoms with E-state index in [0.29, 0.717) is 5.41 Å². The molecule has 0 saturated heterocycles. The van der Waals surface area contributed by atoms with Gasteiger partial charge in [-0.2, -0.15) is 0 Å². The second-order valence-corrected chi connectivity index (χ2v) is 7.10. The monoisotopic (exact) mass is 489 g/mol. The Morgan fingerprint density at radius 3 is 2.44 bits per heavy atom. The zero-order valence-electron chi connectivity index (χ0n) is 17.1. The standard InChI is InChI=1S/C21H35N3O2.HI/c1-4-26-16-14-21(12-5-6-13-21)17-24-20(22-2)23-15-11-18-7-9-19(25-3)10-8-18;/h7-10H,4-6,11-17H2,1-3H3,(H2,22,23,24);1H. The van der Waals surface area contributed by atoms with Crippen LogP contribution < -0.4 is 15.4 Å². The first-order valence-electron chi connectivity index (χ1n) is 9.86. The van der Waals surface area contributed by atoms with E-state index in [9.17, 15) is 0 Å². The molecule has 6 heteroatoms. The van der Waals surface area contributed by atoms with E-state index in [4.69, 9.17) is 9.47 Å². The van der Waals surface area contributed by atoms with Crippen molar-refractivity contribution in [1.82, 2.24) is 10.6 Å². The largest absolute Gasteiger partial charge is 0.497 e. The average Bonchev–Trinajstić information content (AvgIpc) is 3.14. The second-order valence-electron chi connectivity index (χ2n) is 7.10. The Kier molecular flexibility index (Phi) is 11.7. The van der Waals surface area contributed by atoms with Gasteiger partial charge < -0.3 is 20.1 Å². The lowest BCUT2D eigenvalue weighted by molar-refractivity contribution is 0.105. The summed E-state index contributed by atoms with van der Waals surface area (Å²) in [4.78, 5) is 4.38. The summed E-state index contributed by atoms with van der Waals surface area (Å²) in [6, 6.07) is 8.23. The molecule has 1 aliphatic rings. The molecular formula is C21H36IN3O2. The fourth-order valence-corrected chi connectivity index (χ4v) is 3.68. The van der Waals surface area contributed by atoms with Crippen LogP contribution >= 0.6 is 24.0 Å². The van der Waals surface area contributed by atoms with Crippen LogP contribution in [-0.4, -0.2) is 46.4 Å². The quantitative estimate of drug-likeness (QED) is 0.226. The van der Waals surface area contributed by atoms with E-state index in [1.165, 1.54) is 31.2 Å². The number of aliphatic imine (C=N–C) groups is 1. The van der Waals surface area contributed by atoms with Crippen LogP contribution in [0.5, 0.6) is 5.75 Å². The summed E-state index contributed by atoms with van der Waals surface area (Å²) in [5.41, 5.74) is 1.65. The SMILES string of the molecule is CCOCCC1(CNC(=NC)NCCc2ccc(OC)cc2)CCCC1.I. The Bertz CT molecular complexity index is 543. The number of hydrogen-bond acceptors (Lipinski definition) is 3. The average molecular weight is 489 g/mol. The number of guanidine groups is 1. The van der Waals surface area contributed by atoms with E-state index in [1.54, 1.807) is 7.11 Å². The molecule has 1 aliphatic carbocycles. The summed E-state index contributed by atoms with van der Waals surface area (Å²) < 4.78 is 10.8. The van der Waals surface area contributed by atoms with Gasteiger partial charge in [0.2, 0.25) is 0 Å². The third kappa shape index (κ3) is 8.25. The van der Waals surface area contributed by atoms with Gasteiger partial charge in [-0.1, -0.05) is 25.0 Å². The molecule has 5 nitrogen and oxygen atoms in total. The molecular weight excluding hydrogens is 453 g/mol. The highest BCUT2D eigenvalue weighted by atomic mass is 127. The Morgan fingerprint density at radius 1 is 1.15 bits per heavy atom. The highest BCUT2D eigenvalue weighted by molar-refractivity contribution is 14.0. The van der Waals surface area contributed by atoms with Crippen LogP contribution in [0, 0.1) is 5.41 Å². The number of rotatable bonds is 10. The molecule has 1 saturated carbocycles. The molecule has 0 amide bonds. The predicted molar refractivity (Wildman–Crippen MR) is 123 cm³/mol. The van der Waals surface area contributed by atoms with Gasteiger partial charge in [0.15, 0.2) is 5.96 Å².